The molecule has 1 aromatic carbocycles. The molecule has 1 aliphatic rings. The second-order valence-electron chi connectivity index (χ2n) is 6.21. The third-order valence-electron chi connectivity index (χ3n) is 4.33. The number of benzene rings is 1. The van der Waals surface area contributed by atoms with E-state index < -0.39 is 5.60 Å². The molecule has 112 valence electrons. The highest BCUT2D eigenvalue weighted by atomic mass is 16.3. The van der Waals surface area contributed by atoms with E-state index in [2.05, 4.69) is 48.3 Å². The van der Waals surface area contributed by atoms with Gasteiger partial charge in [-0.05, 0) is 57.4 Å². The van der Waals surface area contributed by atoms with Crippen LogP contribution in [0.3, 0.4) is 0 Å². The highest BCUT2D eigenvalue weighted by Gasteiger charge is 2.24. The van der Waals surface area contributed by atoms with Gasteiger partial charge in [0.2, 0.25) is 0 Å². The molecule has 0 bridgehead atoms. The average Bonchev–Trinajstić information content (AvgIpc) is 2.60. The topological polar surface area (TPSA) is 35.5 Å². The van der Waals surface area contributed by atoms with Crippen molar-refractivity contribution < 1.29 is 5.11 Å². The standard InChI is InChI=1S/C17H28N2O/c1-4-18-14(2)15-6-8-16(9-7-15)19-12-5-10-17(3,20)11-13-19/h6-9,14,18,20H,4-5,10-13H2,1-3H3. The van der Waals surface area contributed by atoms with Crippen molar-refractivity contribution in [2.45, 2.75) is 51.7 Å². The fraction of sp³-hybridized carbons (Fsp3) is 0.647. The number of aliphatic hydroxyl groups is 1. The monoisotopic (exact) mass is 276 g/mol. The van der Waals surface area contributed by atoms with Crippen molar-refractivity contribution >= 4 is 5.69 Å². The molecule has 1 aliphatic heterocycles. The Balaban J connectivity index is 2.02. The summed E-state index contributed by atoms with van der Waals surface area (Å²) in [6.45, 7) is 9.25. The smallest absolute Gasteiger partial charge is 0.0637 e. The van der Waals surface area contributed by atoms with Crippen LogP contribution >= 0.6 is 0 Å². The number of nitrogens with zero attached hydrogens (tertiary/aromatic N) is 1. The van der Waals surface area contributed by atoms with Gasteiger partial charge in [0.15, 0.2) is 0 Å². The van der Waals surface area contributed by atoms with Crippen LogP contribution in [-0.2, 0) is 0 Å². The van der Waals surface area contributed by atoms with Crippen molar-refractivity contribution in [2.75, 3.05) is 24.5 Å². The zero-order valence-electron chi connectivity index (χ0n) is 13.0. The zero-order chi connectivity index (χ0) is 14.6. The molecular weight excluding hydrogens is 248 g/mol. The summed E-state index contributed by atoms with van der Waals surface area (Å²) in [7, 11) is 0. The predicted molar refractivity (Wildman–Crippen MR) is 85.2 cm³/mol. The van der Waals surface area contributed by atoms with Crippen molar-refractivity contribution in [3.05, 3.63) is 29.8 Å². The van der Waals surface area contributed by atoms with Crippen molar-refractivity contribution in [3.63, 3.8) is 0 Å². The minimum atomic E-state index is -0.492. The van der Waals surface area contributed by atoms with E-state index in [0.29, 0.717) is 6.04 Å². The van der Waals surface area contributed by atoms with Crippen LogP contribution in [0.2, 0.25) is 0 Å². The first-order valence-corrected chi connectivity index (χ1v) is 7.82. The lowest BCUT2D eigenvalue weighted by Gasteiger charge is -2.25. The van der Waals surface area contributed by atoms with Gasteiger partial charge in [0.05, 0.1) is 5.60 Å². The third kappa shape index (κ3) is 3.97. The summed E-state index contributed by atoms with van der Waals surface area (Å²) in [5, 5.41) is 13.6. The highest BCUT2D eigenvalue weighted by Crippen LogP contribution is 2.26. The van der Waals surface area contributed by atoms with Crippen LogP contribution in [0.4, 0.5) is 5.69 Å². The number of nitrogens with one attached hydrogen (secondary N) is 1. The minimum Gasteiger partial charge on any atom is -0.390 e. The fourth-order valence-corrected chi connectivity index (χ4v) is 2.92. The maximum Gasteiger partial charge on any atom is 0.0637 e. The Morgan fingerprint density at radius 1 is 1.25 bits per heavy atom. The maximum absolute atomic E-state index is 10.2. The van der Waals surface area contributed by atoms with Crippen LogP contribution in [0.15, 0.2) is 24.3 Å². The van der Waals surface area contributed by atoms with E-state index in [4.69, 9.17) is 0 Å². The van der Waals surface area contributed by atoms with Crippen LogP contribution in [-0.4, -0.2) is 30.3 Å². The van der Waals surface area contributed by atoms with Crippen LogP contribution in [0.5, 0.6) is 0 Å². The van der Waals surface area contributed by atoms with E-state index >= 15 is 0 Å². The van der Waals surface area contributed by atoms with E-state index in [-0.39, 0.29) is 0 Å². The van der Waals surface area contributed by atoms with Gasteiger partial charge < -0.3 is 15.3 Å². The second-order valence-corrected chi connectivity index (χ2v) is 6.21. The lowest BCUT2D eigenvalue weighted by molar-refractivity contribution is 0.0481. The Bertz CT molecular complexity index is 414. The molecular formula is C17H28N2O. The maximum atomic E-state index is 10.2. The normalized spacial score (nSPS) is 25.3. The number of rotatable bonds is 4. The highest BCUT2D eigenvalue weighted by molar-refractivity contribution is 5.48. The molecule has 1 heterocycles. The lowest BCUT2D eigenvalue weighted by atomic mass is 9.98. The van der Waals surface area contributed by atoms with Crippen molar-refractivity contribution in [1.82, 2.24) is 5.32 Å². The Kier molecular flexibility index (Phi) is 5.06. The molecule has 1 fully saturated rings. The Morgan fingerprint density at radius 2 is 1.95 bits per heavy atom. The summed E-state index contributed by atoms with van der Waals surface area (Å²) in [4.78, 5) is 2.39. The molecule has 2 rings (SSSR count). The molecule has 0 saturated carbocycles. The Hall–Kier alpha value is -1.06. The third-order valence-corrected chi connectivity index (χ3v) is 4.33. The van der Waals surface area contributed by atoms with Crippen molar-refractivity contribution in [2.24, 2.45) is 0 Å². The quantitative estimate of drug-likeness (QED) is 0.887. The first kappa shape index (κ1) is 15.3. The van der Waals surface area contributed by atoms with Gasteiger partial charge in [-0.3, -0.25) is 0 Å². The molecule has 0 aromatic heterocycles. The number of hydrogen-bond donors (Lipinski definition) is 2. The molecule has 2 N–H and O–H groups in total. The average molecular weight is 276 g/mol. The van der Waals surface area contributed by atoms with Crippen LogP contribution in [0, 0.1) is 0 Å². The summed E-state index contributed by atoms with van der Waals surface area (Å²) < 4.78 is 0. The second kappa shape index (κ2) is 6.59. The zero-order valence-corrected chi connectivity index (χ0v) is 13.0. The van der Waals surface area contributed by atoms with Crippen LogP contribution in [0.25, 0.3) is 0 Å². The van der Waals surface area contributed by atoms with Crippen LogP contribution in [0.1, 0.15) is 51.6 Å². The molecule has 0 aliphatic carbocycles. The van der Waals surface area contributed by atoms with Gasteiger partial charge in [-0.2, -0.15) is 0 Å². The minimum absolute atomic E-state index is 0.402. The molecule has 2 atom stereocenters. The van der Waals surface area contributed by atoms with Crippen molar-refractivity contribution in [1.29, 1.82) is 0 Å². The van der Waals surface area contributed by atoms with E-state index in [1.165, 1.54) is 11.3 Å². The number of anilines is 1. The molecule has 2 unspecified atom stereocenters. The molecule has 3 heteroatoms. The summed E-state index contributed by atoms with van der Waals surface area (Å²) in [6.07, 6.45) is 2.81. The summed E-state index contributed by atoms with van der Waals surface area (Å²) in [5.74, 6) is 0. The first-order valence-electron chi connectivity index (χ1n) is 7.82. The molecule has 0 amide bonds. The molecule has 1 aromatic rings. The van der Waals surface area contributed by atoms with Gasteiger partial charge in [-0.15, -0.1) is 0 Å². The summed E-state index contributed by atoms with van der Waals surface area (Å²) >= 11 is 0. The van der Waals surface area contributed by atoms with E-state index in [1.54, 1.807) is 0 Å². The fourth-order valence-electron chi connectivity index (χ4n) is 2.92. The Morgan fingerprint density at radius 3 is 2.60 bits per heavy atom. The largest absolute Gasteiger partial charge is 0.390 e. The van der Waals surface area contributed by atoms with Gasteiger partial charge in [0.1, 0.15) is 0 Å². The SMILES string of the molecule is CCNC(C)c1ccc(N2CCCC(C)(O)CC2)cc1. The number of hydrogen-bond acceptors (Lipinski definition) is 3. The summed E-state index contributed by atoms with van der Waals surface area (Å²) in [6, 6.07) is 9.25. The summed E-state index contributed by atoms with van der Waals surface area (Å²) in [5.41, 5.74) is 2.11. The molecule has 20 heavy (non-hydrogen) atoms. The molecule has 0 radical (unpaired) electrons. The molecule has 1 saturated heterocycles. The predicted octanol–water partition coefficient (Wildman–Crippen LogP) is 3.10. The van der Waals surface area contributed by atoms with E-state index in [9.17, 15) is 5.11 Å². The van der Waals surface area contributed by atoms with Gasteiger partial charge in [-0.1, -0.05) is 19.1 Å². The lowest BCUT2D eigenvalue weighted by Crippen LogP contribution is -2.28. The van der Waals surface area contributed by atoms with Gasteiger partial charge in [0, 0.05) is 24.8 Å². The van der Waals surface area contributed by atoms with Gasteiger partial charge >= 0.3 is 0 Å². The van der Waals surface area contributed by atoms with E-state index in [0.717, 1.165) is 38.9 Å². The van der Waals surface area contributed by atoms with E-state index in [1.807, 2.05) is 6.92 Å². The van der Waals surface area contributed by atoms with Crippen LogP contribution < -0.4 is 10.2 Å². The van der Waals surface area contributed by atoms with Crippen molar-refractivity contribution in [3.8, 4) is 0 Å². The molecule has 3 nitrogen and oxygen atoms in total. The molecule has 0 spiro atoms. The Labute approximate surface area is 123 Å². The first-order chi connectivity index (χ1) is 9.52. The van der Waals surface area contributed by atoms with Gasteiger partial charge in [-0.25, -0.2) is 0 Å². The van der Waals surface area contributed by atoms with Gasteiger partial charge in [0.25, 0.3) is 0 Å².